The Bertz CT molecular complexity index is 982. The monoisotopic (exact) mass is 444 g/mol. The van der Waals surface area contributed by atoms with Crippen molar-refractivity contribution in [1.82, 2.24) is 10.6 Å². The molecule has 0 aliphatic rings. The topological polar surface area (TPSA) is 99.7 Å². The molecule has 2 aromatic rings. The number of anilines is 1. The highest BCUT2D eigenvalue weighted by molar-refractivity contribution is 7.90. The summed E-state index contributed by atoms with van der Waals surface area (Å²) in [6.45, 7) is 7.65. The van der Waals surface area contributed by atoms with Gasteiger partial charge in [0.2, 0.25) is 5.91 Å². The number of nitrogens with one attached hydrogen (secondary N) is 3. The molecule has 1 amide bonds. The van der Waals surface area contributed by atoms with E-state index in [9.17, 15) is 13.2 Å². The largest absolute Gasteiger partial charge is 0.357 e. The molecule has 0 unspecified atom stereocenters. The lowest BCUT2D eigenvalue weighted by Crippen LogP contribution is -2.38. The zero-order valence-corrected chi connectivity index (χ0v) is 19.4. The Hall–Kier alpha value is -2.87. The van der Waals surface area contributed by atoms with E-state index in [-0.39, 0.29) is 11.8 Å². The van der Waals surface area contributed by atoms with Crippen LogP contribution in [0.2, 0.25) is 0 Å². The summed E-state index contributed by atoms with van der Waals surface area (Å²) in [6.07, 6.45) is 1.96. The van der Waals surface area contributed by atoms with Gasteiger partial charge in [0, 0.05) is 31.0 Å². The highest BCUT2D eigenvalue weighted by atomic mass is 32.2. The second kappa shape index (κ2) is 11.5. The van der Waals surface area contributed by atoms with Crippen LogP contribution in [-0.4, -0.2) is 39.6 Å². The molecule has 0 aliphatic carbocycles. The maximum absolute atomic E-state index is 11.8. The first-order valence-corrected chi connectivity index (χ1v) is 12.3. The molecule has 0 aromatic heterocycles. The molecule has 0 atom stereocenters. The number of sulfone groups is 1. The molecule has 0 fully saturated rings. The number of guanidine groups is 1. The van der Waals surface area contributed by atoms with Gasteiger partial charge in [-0.2, -0.15) is 0 Å². The molecule has 31 heavy (non-hydrogen) atoms. The van der Waals surface area contributed by atoms with Gasteiger partial charge in [0.15, 0.2) is 15.8 Å². The fourth-order valence-corrected chi connectivity index (χ4v) is 3.35. The third-order valence-electron chi connectivity index (χ3n) is 4.57. The van der Waals surface area contributed by atoms with Crippen LogP contribution in [0.15, 0.2) is 58.4 Å². The van der Waals surface area contributed by atoms with Gasteiger partial charge in [-0.25, -0.2) is 13.4 Å². The lowest BCUT2D eigenvalue weighted by atomic mass is 10.1. The second-order valence-electron chi connectivity index (χ2n) is 7.63. The Kier molecular flexibility index (Phi) is 9.05. The van der Waals surface area contributed by atoms with Crippen molar-refractivity contribution in [3.63, 3.8) is 0 Å². The van der Waals surface area contributed by atoms with E-state index < -0.39 is 9.84 Å². The Morgan fingerprint density at radius 2 is 1.58 bits per heavy atom. The summed E-state index contributed by atoms with van der Waals surface area (Å²) in [5, 5.41) is 9.39. The fraction of sp³-hybridized carbons (Fsp3) is 0.391. The van der Waals surface area contributed by atoms with Crippen molar-refractivity contribution in [3.8, 4) is 0 Å². The SMILES string of the molecule is CCNC(=NCc1ccc(NC(=O)C(C)C)cc1)NCCc1ccc(S(C)(=O)=O)cc1. The van der Waals surface area contributed by atoms with Crippen molar-refractivity contribution in [3.05, 3.63) is 59.7 Å². The molecule has 0 saturated heterocycles. The molecular formula is C23H32N4O3S. The summed E-state index contributed by atoms with van der Waals surface area (Å²) in [4.78, 5) is 16.7. The quantitative estimate of drug-likeness (QED) is 0.408. The number of carbonyl (C=O) groups excluding carboxylic acids is 1. The number of hydrogen-bond donors (Lipinski definition) is 3. The Balaban J connectivity index is 1.89. The maximum Gasteiger partial charge on any atom is 0.226 e. The third-order valence-corrected chi connectivity index (χ3v) is 5.70. The van der Waals surface area contributed by atoms with Crippen LogP contribution in [-0.2, 0) is 27.6 Å². The van der Waals surface area contributed by atoms with E-state index in [4.69, 9.17) is 0 Å². The van der Waals surface area contributed by atoms with Crippen molar-refractivity contribution in [1.29, 1.82) is 0 Å². The first-order valence-electron chi connectivity index (χ1n) is 10.4. The van der Waals surface area contributed by atoms with Crippen LogP contribution in [0.1, 0.15) is 31.9 Å². The number of rotatable bonds is 9. The van der Waals surface area contributed by atoms with Gasteiger partial charge in [-0.05, 0) is 48.7 Å². The van der Waals surface area contributed by atoms with Gasteiger partial charge in [-0.1, -0.05) is 38.1 Å². The number of nitrogens with zero attached hydrogens (tertiary/aromatic N) is 1. The molecule has 0 aliphatic heterocycles. The van der Waals surface area contributed by atoms with Gasteiger partial charge in [-0.15, -0.1) is 0 Å². The van der Waals surface area contributed by atoms with Gasteiger partial charge >= 0.3 is 0 Å². The fourth-order valence-electron chi connectivity index (χ4n) is 2.72. The van der Waals surface area contributed by atoms with Crippen molar-refractivity contribution in [2.24, 2.45) is 10.9 Å². The first kappa shape index (κ1) is 24.4. The molecule has 0 saturated carbocycles. The molecule has 2 aromatic carbocycles. The summed E-state index contributed by atoms with van der Waals surface area (Å²) in [7, 11) is -3.17. The van der Waals surface area contributed by atoms with Gasteiger partial charge in [0.25, 0.3) is 0 Å². The van der Waals surface area contributed by atoms with Gasteiger partial charge < -0.3 is 16.0 Å². The van der Waals surface area contributed by atoms with Crippen LogP contribution in [0, 0.1) is 5.92 Å². The van der Waals surface area contributed by atoms with E-state index in [1.54, 1.807) is 12.1 Å². The van der Waals surface area contributed by atoms with Crippen molar-refractivity contribution in [2.45, 2.75) is 38.6 Å². The summed E-state index contributed by atoms with van der Waals surface area (Å²) >= 11 is 0. The Morgan fingerprint density at radius 3 is 2.13 bits per heavy atom. The number of hydrogen-bond acceptors (Lipinski definition) is 4. The normalized spacial score (nSPS) is 12.0. The second-order valence-corrected chi connectivity index (χ2v) is 9.64. The molecule has 0 bridgehead atoms. The van der Waals surface area contributed by atoms with Crippen LogP contribution >= 0.6 is 0 Å². The van der Waals surface area contributed by atoms with Crippen LogP contribution < -0.4 is 16.0 Å². The number of aliphatic imine (C=N–C) groups is 1. The molecular weight excluding hydrogens is 412 g/mol. The molecule has 8 heteroatoms. The number of carbonyl (C=O) groups is 1. The molecule has 0 heterocycles. The first-order chi connectivity index (χ1) is 14.7. The average molecular weight is 445 g/mol. The van der Waals surface area contributed by atoms with E-state index in [1.807, 2.05) is 57.2 Å². The molecule has 0 spiro atoms. The van der Waals surface area contributed by atoms with Crippen LogP contribution in [0.4, 0.5) is 5.69 Å². The minimum absolute atomic E-state index is 0.00430. The maximum atomic E-state index is 11.8. The zero-order chi connectivity index (χ0) is 22.9. The lowest BCUT2D eigenvalue weighted by molar-refractivity contribution is -0.118. The Morgan fingerprint density at radius 1 is 0.968 bits per heavy atom. The molecule has 2 rings (SSSR count). The summed E-state index contributed by atoms with van der Waals surface area (Å²) in [5.41, 5.74) is 2.87. The minimum Gasteiger partial charge on any atom is -0.357 e. The number of benzene rings is 2. The zero-order valence-electron chi connectivity index (χ0n) is 18.6. The average Bonchev–Trinajstić information content (AvgIpc) is 2.72. The molecule has 0 radical (unpaired) electrons. The third kappa shape index (κ3) is 8.41. The minimum atomic E-state index is -3.17. The smallest absolute Gasteiger partial charge is 0.226 e. The van der Waals surface area contributed by atoms with Gasteiger partial charge in [-0.3, -0.25) is 4.79 Å². The molecule has 168 valence electrons. The Labute approximate surface area is 185 Å². The van der Waals surface area contributed by atoms with Crippen LogP contribution in [0.25, 0.3) is 0 Å². The summed E-state index contributed by atoms with van der Waals surface area (Å²) < 4.78 is 23.1. The molecule has 3 N–H and O–H groups in total. The van der Waals surface area contributed by atoms with Gasteiger partial charge in [0.1, 0.15) is 0 Å². The van der Waals surface area contributed by atoms with Crippen molar-refractivity contribution >= 4 is 27.4 Å². The van der Waals surface area contributed by atoms with Crippen LogP contribution in [0.3, 0.4) is 0 Å². The van der Waals surface area contributed by atoms with E-state index in [0.717, 1.165) is 29.8 Å². The van der Waals surface area contributed by atoms with Gasteiger partial charge in [0.05, 0.1) is 11.4 Å². The highest BCUT2D eigenvalue weighted by Gasteiger charge is 2.07. The van der Waals surface area contributed by atoms with Crippen molar-refractivity contribution < 1.29 is 13.2 Å². The van der Waals surface area contributed by atoms with E-state index in [1.165, 1.54) is 6.26 Å². The summed E-state index contributed by atoms with van der Waals surface area (Å²) in [5.74, 6) is 0.651. The van der Waals surface area contributed by atoms with E-state index in [0.29, 0.717) is 23.9 Å². The predicted octanol–water partition coefficient (Wildman–Crippen LogP) is 2.98. The van der Waals surface area contributed by atoms with Crippen LogP contribution in [0.5, 0.6) is 0 Å². The predicted molar refractivity (Wildman–Crippen MR) is 126 cm³/mol. The standard InChI is InChI=1S/C23H32N4O3S/c1-5-24-23(25-15-14-18-8-12-21(13-9-18)31(4,29)30)26-16-19-6-10-20(11-7-19)27-22(28)17(2)3/h6-13,17H,5,14-16H2,1-4H3,(H,27,28)(H2,24,25,26). The number of amides is 1. The van der Waals surface area contributed by atoms with E-state index in [2.05, 4.69) is 20.9 Å². The lowest BCUT2D eigenvalue weighted by Gasteiger charge is -2.12. The van der Waals surface area contributed by atoms with E-state index >= 15 is 0 Å². The summed E-state index contributed by atoms with van der Waals surface area (Å²) in [6, 6.07) is 14.6. The van der Waals surface area contributed by atoms with Crippen molar-refractivity contribution in [2.75, 3.05) is 24.7 Å². The highest BCUT2D eigenvalue weighted by Crippen LogP contribution is 2.12. The molecule has 7 nitrogen and oxygen atoms in total.